The number of nitrogens with zero attached hydrogens (tertiary/aromatic N) is 5. The fourth-order valence-corrected chi connectivity index (χ4v) is 2.67. The summed E-state index contributed by atoms with van der Waals surface area (Å²) >= 11 is 0. The van der Waals surface area contributed by atoms with Gasteiger partial charge in [0.05, 0.1) is 17.2 Å². The van der Waals surface area contributed by atoms with Gasteiger partial charge in [-0.2, -0.15) is 19.7 Å². The number of aromatic amines is 1. The van der Waals surface area contributed by atoms with E-state index >= 15 is 0 Å². The first-order valence-corrected chi connectivity index (χ1v) is 8.28. The summed E-state index contributed by atoms with van der Waals surface area (Å²) in [6.07, 6.45) is 6.92. The van der Waals surface area contributed by atoms with Crippen molar-refractivity contribution in [3.63, 3.8) is 0 Å². The summed E-state index contributed by atoms with van der Waals surface area (Å²) in [5.74, 6) is 1.23. The number of H-pyrrole nitrogens is 1. The maximum absolute atomic E-state index is 10.2. The number of phenols is 1. The van der Waals surface area contributed by atoms with Crippen LogP contribution in [0.4, 0.5) is 5.82 Å². The molecule has 27 heavy (non-hydrogen) atoms. The summed E-state index contributed by atoms with van der Waals surface area (Å²) < 4.78 is 1.60. The van der Waals surface area contributed by atoms with E-state index in [0.29, 0.717) is 22.9 Å². The second kappa shape index (κ2) is 6.75. The van der Waals surface area contributed by atoms with Crippen molar-refractivity contribution < 1.29 is 5.11 Å². The Balaban J connectivity index is 1.82. The Morgan fingerprint density at radius 3 is 2.93 bits per heavy atom. The quantitative estimate of drug-likeness (QED) is 0.509. The molecule has 0 atom stereocenters. The van der Waals surface area contributed by atoms with Crippen molar-refractivity contribution in [1.29, 1.82) is 0 Å². The number of nitrogens with one attached hydrogen (secondary N) is 2. The summed E-state index contributed by atoms with van der Waals surface area (Å²) in [7, 11) is 0. The molecular weight excluding hydrogens is 342 g/mol. The van der Waals surface area contributed by atoms with Crippen molar-refractivity contribution in [3.05, 3.63) is 65.2 Å². The molecular formula is C19H17N7O. The zero-order valence-electron chi connectivity index (χ0n) is 14.6. The van der Waals surface area contributed by atoms with Gasteiger partial charge in [-0.1, -0.05) is 24.8 Å². The zero-order chi connectivity index (χ0) is 18.8. The van der Waals surface area contributed by atoms with Gasteiger partial charge in [0, 0.05) is 22.5 Å². The van der Waals surface area contributed by atoms with E-state index in [4.69, 9.17) is 0 Å². The largest absolute Gasteiger partial charge is 0.507 e. The molecule has 134 valence electrons. The Bertz CT molecular complexity index is 1250. The molecule has 8 nitrogen and oxygen atoms in total. The number of aromatic hydroxyl groups is 1. The lowest BCUT2D eigenvalue weighted by molar-refractivity contribution is 0.477. The van der Waals surface area contributed by atoms with Crippen LogP contribution < -0.4 is 15.9 Å². The lowest BCUT2D eigenvalue weighted by Gasteiger charge is -2.11. The van der Waals surface area contributed by atoms with E-state index in [9.17, 15) is 5.11 Å². The fraction of sp³-hybridized carbons (Fsp3) is 0.0526. The molecule has 3 N–H and O–H groups in total. The molecule has 4 aromatic rings. The third-order valence-electron chi connectivity index (χ3n) is 4.07. The number of aromatic nitrogens is 6. The van der Waals surface area contributed by atoms with Gasteiger partial charge in [0.25, 0.3) is 5.78 Å². The second-order valence-electron chi connectivity index (χ2n) is 5.84. The molecule has 8 heteroatoms. The van der Waals surface area contributed by atoms with Crippen LogP contribution in [0.2, 0.25) is 0 Å². The van der Waals surface area contributed by atoms with Crippen LogP contribution >= 0.6 is 0 Å². The summed E-state index contributed by atoms with van der Waals surface area (Å²) in [5.41, 5.74) is 2.02. The van der Waals surface area contributed by atoms with Gasteiger partial charge in [0.1, 0.15) is 17.9 Å². The van der Waals surface area contributed by atoms with E-state index in [1.165, 1.54) is 6.33 Å². The van der Waals surface area contributed by atoms with Gasteiger partial charge >= 0.3 is 0 Å². The predicted octanol–water partition coefficient (Wildman–Crippen LogP) is 1.43. The van der Waals surface area contributed by atoms with E-state index in [1.54, 1.807) is 28.9 Å². The molecule has 4 rings (SSSR count). The van der Waals surface area contributed by atoms with Crippen molar-refractivity contribution >= 4 is 24.3 Å². The molecule has 0 aliphatic heterocycles. The van der Waals surface area contributed by atoms with Crippen LogP contribution in [0.5, 0.6) is 5.75 Å². The first kappa shape index (κ1) is 16.5. The maximum Gasteiger partial charge on any atom is 0.254 e. The van der Waals surface area contributed by atoms with Crippen molar-refractivity contribution in [2.75, 3.05) is 5.32 Å². The van der Waals surface area contributed by atoms with Gasteiger partial charge < -0.3 is 10.4 Å². The van der Waals surface area contributed by atoms with Gasteiger partial charge in [-0.25, -0.2) is 4.98 Å². The molecule has 0 radical (unpaired) electrons. The molecule has 1 aromatic carbocycles. The number of para-hydroxylation sites is 1. The number of fused-ring (bicyclic) bond motifs is 1. The number of phenolic OH excluding ortho intramolecular Hbond substituents is 1. The minimum Gasteiger partial charge on any atom is -0.507 e. The van der Waals surface area contributed by atoms with E-state index in [-0.39, 0.29) is 5.75 Å². The Kier molecular flexibility index (Phi) is 4.13. The number of anilines is 1. The monoisotopic (exact) mass is 359 g/mol. The van der Waals surface area contributed by atoms with Gasteiger partial charge in [0.2, 0.25) is 0 Å². The van der Waals surface area contributed by atoms with Gasteiger partial charge in [-0.15, -0.1) is 0 Å². The number of allylic oxidation sites excluding steroid dienone is 2. The molecule has 0 unspecified atom stereocenters. The Morgan fingerprint density at radius 2 is 2.19 bits per heavy atom. The third kappa shape index (κ3) is 3.15. The normalized spacial score (nSPS) is 12.6. The molecule has 0 bridgehead atoms. The summed E-state index contributed by atoms with van der Waals surface area (Å²) in [5, 5.41) is 26.2. The van der Waals surface area contributed by atoms with Crippen LogP contribution in [0.1, 0.15) is 6.92 Å². The molecule has 0 saturated carbocycles. The SMILES string of the molecule is C=c1cn[nH]/c1=C/C(=C\C)Nc1cc(-c2ccccc2O)nc2ncnn12. The first-order chi connectivity index (χ1) is 13.2. The minimum absolute atomic E-state index is 0.150. The smallest absolute Gasteiger partial charge is 0.254 e. The first-order valence-electron chi connectivity index (χ1n) is 8.28. The van der Waals surface area contributed by atoms with Crippen molar-refractivity contribution in [2.24, 2.45) is 0 Å². The maximum atomic E-state index is 10.2. The van der Waals surface area contributed by atoms with Crippen molar-refractivity contribution in [3.8, 4) is 17.0 Å². The average molecular weight is 359 g/mol. The summed E-state index contributed by atoms with van der Waals surface area (Å²) in [4.78, 5) is 8.66. The van der Waals surface area contributed by atoms with E-state index in [1.807, 2.05) is 31.2 Å². The van der Waals surface area contributed by atoms with Crippen LogP contribution in [-0.4, -0.2) is 34.9 Å². The second-order valence-corrected chi connectivity index (χ2v) is 5.84. The van der Waals surface area contributed by atoms with E-state index in [2.05, 4.69) is 37.2 Å². The molecule has 3 heterocycles. The highest BCUT2D eigenvalue weighted by Crippen LogP contribution is 2.29. The number of rotatable bonds is 4. The van der Waals surface area contributed by atoms with Gasteiger partial charge in [-0.05, 0) is 25.1 Å². The Labute approximate surface area is 154 Å². The molecule has 0 aliphatic carbocycles. The van der Waals surface area contributed by atoms with Crippen LogP contribution in [0.15, 0.2) is 54.6 Å². The highest BCUT2D eigenvalue weighted by atomic mass is 16.3. The zero-order valence-corrected chi connectivity index (χ0v) is 14.6. The molecule has 0 amide bonds. The molecule has 0 aliphatic rings. The lowest BCUT2D eigenvalue weighted by Crippen LogP contribution is -2.21. The van der Waals surface area contributed by atoms with Crippen LogP contribution in [0.3, 0.4) is 0 Å². The topological polar surface area (TPSA) is 104 Å². The highest BCUT2D eigenvalue weighted by molar-refractivity contribution is 5.71. The minimum atomic E-state index is 0.150. The Hall–Kier alpha value is -3.94. The average Bonchev–Trinajstić information content (AvgIpc) is 3.30. The predicted molar refractivity (Wildman–Crippen MR) is 103 cm³/mol. The third-order valence-corrected chi connectivity index (χ3v) is 4.07. The summed E-state index contributed by atoms with van der Waals surface area (Å²) in [6.45, 7) is 5.85. The number of hydrogen-bond acceptors (Lipinski definition) is 6. The van der Waals surface area contributed by atoms with Crippen LogP contribution in [0.25, 0.3) is 29.7 Å². The van der Waals surface area contributed by atoms with Crippen molar-refractivity contribution in [2.45, 2.75) is 6.92 Å². The number of benzene rings is 1. The fourth-order valence-electron chi connectivity index (χ4n) is 2.67. The molecule has 0 fully saturated rings. The van der Waals surface area contributed by atoms with Crippen molar-refractivity contribution in [1.82, 2.24) is 29.8 Å². The van der Waals surface area contributed by atoms with Crippen LogP contribution in [0, 0.1) is 0 Å². The lowest BCUT2D eigenvalue weighted by atomic mass is 10.1. The standard InChI is InChI=1S/C19H17N7O/c1-3-13(8-15-12(2)10-21-25-15)23-18-9-16(14-6-4-5-7-17(14)27)24-19-20-11-22-26(18)19/h3-11,23,25,27H,2H2,1H3/b13-3+,15-8+. The van der Waals surface area contributed by atoms with Gasteiger partial charge in [-0.3, -0.25) is 5.10 Å². The highest BCUT2D eigenvalue weighted by Gasteiger charge is 2.12. The molecule has 0 spiro atoms. The molecule has 0 saturated heterocycles. The number of hydrogen-bond donors (Lipinski definition) is 3. The van der Waals surface area contributed by atoms with Crippen LogP contribution in [-0.2, 0) is 0 Å². The van der Waals surface area contributed by atoms with Gasteiger partial charge in [0.15, 0.2) is 0 Å². The Morgan fingerprint density at radius 1 is 1.33 bits per heavy atom. The van der Waals surface area contributed by atoms with E-state index < -0.39 is 0 Å². The summed E-state index contributed by atoms with van der Waals surface area (Å²) in [6, 6.07) is 8.85. The van der Waals surface area contributed by atoms with E-state index in [0.717, 1.165) is 16.3 Å². The molecule has 3 aromatic heterocycles.